The topological polar surface area (TPSA) is 53.6 Å². The van der Waals surface area contributed by atoms with E-state index in [1.165, 1.54) is 0 Å². The standard InChI is InChI=1S/C11H24N4S.HI/c1-11(2,3)14-5-4-13-10(12)15-6-8-16-9-7-15;/h14H,4-9H2,1-3H3,(H2,12,13);1H. The molecule has 0 aromatic heterocycles. The van der Waals surface area contributed by atoms with Crippen molar-refractivity contribution in [3.8, 4) is 0 Å². The maximum atomic E-state index is 5.94. The van der Waals surface area contributed by atoms with E-state index in [-0.39, 0.29) is 29.5 Å². The first-order chi connectivity index (χ1) is 7.49. The van der Waals surface area contributed by atoms with Gasteiger partial charge in [-0.15, -0.1) is 24.0 Å². The molecule has 0 aromatic carbocycles. The van der Waals surface area contributed by atoms with Gasteiger partial charge < -0.3 is 16.0 Å². The maximum absolute atomic E-state index is 5.94. The minimum atomic E-state index is 0. The van der Waals surface area contributed by atoms with E-state index in [2.05, 4.69) is 36.0 Å². The van der Waals surface area contributed by atoms with E-state index in [4.69, 9.17) is 5.73 Å². The van der Waals surface area contributed by atoms with Crippen molar-refractivity contribution in [2.75, 3.05) is 37.7 Å². The van der Waals surface area contributed by atoms with E-state index in [0.29, 0.717) is 5.96 Å². The van der Waals surface area contributed by atoms with Gasteiger partial charge in [0.25, 0.3) is 0 Å². The molecule has 0 spiro atoms. The normalized spacial score (nSPS) is 17.8. The molecule has 3 N–H and O–H groups in total. The monoisotopic (exact) mass is 372 g/mol. The molecule has 4 nitrogen and oxygen atoms in total. The molecule has 0 bridgehead atoms. The summed E-state index contributed by atoms with van der Waals surface area (Å²) in [5, 5.41) is 3.39. The molecule has 1 fully saturated rings. The summed E-state index contributed by atoms with van der Waals surface area (Å²) in [5.41, 5.74) is 6.10. The molecule has 6 heteroatoms. The number of nitrogens with two attached hydrogens (primary N) is 1. The smallest absolute Gasteiger partial charge is 0.191 e. The van der Waals surface area contributed by atoms with Gasteiger partial charge in [0.2, 0.25) is 0 Å². The van der Waals surface area contributed by atoms with E-state index >= 15 is 0 Å². The Morgan fingerprint density at radius 1 is 1.35 bits per heavy atom. The Morgan fingerprint density at radius 3 is 2.47 bits per heavy atom. The maximum Gasteiger partial charge on any atom is 0.191 e. The van der Waals surface area contributed by atoms with Crippen LogP contribution >= 0.6 is 35.7 Å². The van der Waals surface area contributed by atoms with Crippen molar-refractivity contribution in [1.29, 1.82) is 0 Å². The van der Waals surface area contributed by atoms with Crippen molar-refractivity contribution in [2.45, 2.75) is 26.3 Å². The summed E-state index contributed by atoms with van der Waals surface area (Å²) in [7, 11) is 0. The Morgan fingerprint density at radius 2 is 1.94 bits per heavy atom. The number of nitrogens with zero attached hydrogens (tertiary/aromatic N) is 2. The summed E-state index contributed by atoms with van der Waals surface area (Å²) >= 11 is 1.98. The minimum Gasteiger partial charge on any atom is -0.370 e. The molecule has 0 radical (unpaired) electrons. The first kappa shape index (κ1) is 17.3. The van der Waals surface area contributed by atoms with E-state index in [0.717, 1.165) is 37.7 Å². The molecule has 0 aromatic rings. The van der Waals surface area contributed by atoms with Crippen molar-refractivity contribution in [3.05, 3.63) is 0 Å². The summed E-state index contributed by atoms with van der Waals surface area (Å²) in [4.78, 5) is 6.57. The lowest BCUT2D eigenvalue weighted by Crippen LogP contribution is -2.43. The molecule has 17 heavy (non-hydrogen) atoms. The van der Waals surface area contributed by atoms with Crippen molar-refractivity contribution in [1.82, 2.24) is 10.2 Å². The van der Waals surface area contributed by atoms with Crippen molar-refractivity contribution >= 4 is 41.7 Å². The van der Waals surface area contributed by atoms with Crippen molar-refractivity contribution in [3.63, 3.8) is 0 Å². The lowest BCUT2D eigenvalue weighted by Gasteiger charge is -2.27. The highest BCUT2D eigenvalue weighted by Gasteiger charge is 2.12. The Bertz CT molecular complexity index is 234. The molecular formula is C11H25IN4S. The fraction of sp³-hybridized carbons (Fsp3) is 0.909. The average molecular weight is 372 g/mol. The third-order valence-corrected chi connectivity index (χ3v) is 3.32. The second kappa shape index (κ2) is 8.42. The second-order valence-electron chi connectivity index (χ2n) is 5.02. The molecule has 0 amide bonds. The predicted molar refractivity (Wildman–Crippen MR) is 88.6 cm³/mol. The molecule has 0 aliphatic carbocycles. The highest BCUT2D eigenvalue weighted by atomic mass is 127. The Balaban J connectivity index is 0.00000256. The van der Waals surface area contributed by atoms with Crippen molar-refractivity contribution in [2.24, 2.45) is 10.7 Å². The van der Waals surface area contributed by atoms with Gasteiger partial charge in [0, 0.05) is 36.7 Å². The van der Waals surface area contributed by atoms with E-state index in [1.807, 2.05) is 11.8 Å². The average Bonchev–Trinajstić information content (AvgIpc) is 2.24. The van der Waals surface area contributed by atoms with Gasteiger partial charge in [0.15, 0.2) is 5.96 Å². The Labute approximate surface area is 126 Å². The summed E-state index contributed by atoms with van der Waals surface area (Å²) in [6.45, 7) is 10.2. The van der Waals surface area contributed by atoms with Gasteiger partial charge in [-0.1, -0.05) is 0 Å². The van der Waals surface area contributed by atoms with Gasteiger partial charge in [0.1, 0.15) is 0 Å². The Kier molecular flexibility index (Phi) is 8.57. The van der Waals surface area contributed by atoms with Crippen LogP contribution < -0.4 is 11.1 Å². The van der Waals surface area contributed by atoms with Gasteiger partial charge in [0.05, 0.1) is 6.54 Å². The van der Waals surface area contributed by atoms with Crippen LogP contribution in [-0.4, -0.2) is 54.1 Å². The van der Waals surface area contributed by atoms with Crippen LogP contribution in [0.1, 0.15) is 20.8 Å². The fourth-order valence-corrected chi connectivity index (χ4v) is 2.40. The molecule has 1 aliphatic heterocycles. The van der Waals surface area contributed by atoms with E-state index in [1.54, 1.807) is 0 Å². The van der Waals surface area contributed by atoms with Crippen LogP contribution in [0.3, 0.4) is 0 Å². The van der Waals surface area contributed by atoms with E-state index in [9.17, 15) is 0 Å². The van der Waals surface area contributed by atoms with Crippen molar-refractivity contribution < 1.29 is 0 Å². The van der Waals surface area contributed by atoms with Gasteiger partial charge in [-0.05, 0) is 20.8 Å². The van der Waals surface area contributed by atoms with Crippen LogP contribution in [0.5, 0.6) is 0 Å². The number of thioether (sulfide) groups is 1. The van der Waals surface area contributed by atoms with Gasteiger partial charge >= 0.3 is 0 Å². The molecule has 0 unspecified atom stereocenters. The zero-order chi connectivity index (χ0) is 12.0. The first-order valence-electron chi connectivity index (χ1n) is 5.87. The Hall–Kier alpha value is 0.310. The number of hydrogen-bond donors (Lipinski definition) is 2. The molecule has 0 saturated carbocycles. The molecule has 1 heterocycles. The number of halogens is 1. The quantitative estimate of drug-likeness (QED) is 0.340. The number of nitrogens with one attached hydrogen (secondary N) is 1. The van der Waals surface area contributed by atoms with Crippen LogP contribution in [0.2, 0.25) is 0 Å². The summed E-state index contributed by atoms with van der Waals surface area (Å²) in [5.74, 6) is 3.03. The molecule has 102 valence electrons. The number of guanidine groups is 1. The fourth-order valence-electron chi connectivity index (χ4n) is 1.49. The zero-order valence-corrected chi connectivity index (χ0v) is 14.2. The number of hydrogen-bond acceptors (Lipinski definition) is 3. The summed E-state index contributed by atoms with van der Waals surface area (Å²) in [6, 6.07) is 0. The lowest BCUT2D eigenvalue weighted by atomic mass is 10.1. The zero-order valence-electron chi connectivity index (χ0n) is 11.0. The van der Waals surface area contributed by atoms with Gasteiger partial charge in [-0.2, -0.15) is 11.8 Å². The van der Waals surface area contributed by atoms with Crippen LogP contribution in [0.4, 0.5) is 0 Å². The van der Waals surface area contributed by atoms with Crippen LogP contribution in [0.25, 0.3) is 0 Å². The summed E-state index contributed by atoms with van der Waals surface area (Å²) in [6.07, 6.45) is 0. The number of aliphatic imine (C=N–C) groups is 1. The molecular weight excluding hydrogens is 347 g/mol. The van der Waals surface area contributed by atoms with Gasteiger partial charge in [-0.3, -0.25) is 4.99 Å². The minimum absolute atomic E-state index is 0. The number of rotatable bonds is 3. The highest BCUT2D eigenvalue weighted by Crippen LogP contribution is 2.08. The molecule has 1 saturated heterocycles. The third kappa shape index (κ3) is 8.10. The summed E-state index contributed by atoms with van der Waals surface area (Å²) < 4.78 is 0. The largest absolute Gasteiger partial charge is 0.370 e. The first-order valence-corrected chi connectivity index (χ1v) is 7.02. The van der Waals surface area contributed by atoms with E-state index < -0.39 is 0 Å². The third-order valence-electron chi connectivity index (χ3n) is 2.38. The van der Waals surface area contributed by atoms with Crippen LogP contribution in [0, 0.1) is 0 Å². The van der Waals surface area contributed by atoms with Crippen LogP contribution in [0.15, 0.2) is 4.99 Å². The van der Waals surface area contributed by atoms with Crippen LogP contribution in [-0.2, 0) is 0 Å². The molecule has 0 atom stereocenters. The SMILES string of the molecule is CC(C)(C)NCCN=C(N)N1CCSCC1.I. The highest BCUT2D eigenvalue weighted by molar-refractivity contribution is 14.0. The van der Waals surface area contributed by atoms with Gasteiger partial charge in [-0.25, -0.2) is 0 Å². The molecule has 1 aliphatic rings. The lowest BCUT2D eigenvalue weighted by molar-refractivity contribution is 0.428. The second-order valence-corrected chi connectivity index (χ2v) is 6.24. The molecule has 1 rings (SSSR count). The predicted octanol–water partition coefficient (Wildman–Crippen LogP) is 1.36.